The van der Waals surface area contributed by atoms with Crippen LogP contribution in [0.25, 0.3) is 15.9 Å². The topological polar surface area (TPSA) is 49.6 Å². The summed E-state index contributed by atoms with van der Waals surface area (Å²) in [7, 11) is 2.04. The molecule has 0 bridgehead atoms. The zero-order valence-electron chi connectivity index (χ0n) is 12.2. The van der Waals surface area contributed by atoms with Crippen molar-refractivity contribution >= 4 is 33.1 Å². The molecular weight excluding hydrogens is 329 g/mol. The van der Waals surface area contributed by atoms with Gasteiger partial charge in [0.1, 0.15) is 16.0 Å². The van der Waals surface area contributed by atoms with Crippen LogP contribution in [0.4, 0.5) is 19.1 Å². The van der Waals surface area contributed by atoms with E-state index in [9.17, 15) is 13.2 Å². The first-order valence-electron chi connectivity index (χ1n) is 7.07. The van der Waals surface area contributed by atoms with Gasteiger partial charge in [0, 0.05) is 26.2 Å². The molecule has 0 aliphatic carbocycles. The Morgan fingerprint density at radius 2 is 1.91 bits per heavy atom. The van der Waals surface area contributed by atoms with Crippen molar-refractivity contribution in [2.75, 3.05) is 38.1 Å². The van der Waals surface area contributed by atoms with Gasteiger partial charge >= 0.3 is 6.18 Å². The Morgan fingerprint density at radius 1 is 1.17 bits per heavy atom. The van der Waals surface area contributed by atoms with E-state index in [1.54, 1.807) is 0 Å². The number of aromatic nitrogens is 4. The minimum atomic E-state index is -4.38. The highest BCUT2D eigenvalue weighted by molar-refractivity contribution is 7.18. The van der Waals surface area contributed by atoms with E-state index >= 15 is 0 Å². The summed E-state index contributed by atoms with van der Waals surface area (Å²) in [4.78, 5) is 12.5. The van der Waals surface area contributed by atoms with E-state index in [-0.39, 0.29) is 0 Å². The van der Waals surface area contributed by atoms with Crippen molar-refractivity contribution < 1.29 is 13.2 Å². The number of anilines is 1. The fourth-order valence-electron chi connectivity index (χ4n) is 2.69. The molecule has 0 spiro atoms. The number of nitrogens with zero attached hydrogens (tertiary/aromatic N) is 6. The van der Waals surface area contributed by atoms with E-state index in [1.165, 1.54) is 10.8 Å². The first-order valence-corrected chi connectivity index (χ1v) is 7.89. The monoisotopic (exact) mass is 342 g/mol. The van der Waals surface area contributed by atoms with E-state index in [1.807, 2.05) is 11.9 Å². The lowest BCUT2D eigenvalue weighted by Gasteiger charge is -2.32. The van der Waals surface area contributed by atoms with Crippen LogP contribution in [0.3, 0.4) is 0 Å². The molecule has 1 fully saturated rings. The molecule has 0 N–H and O–H groups in total. The number of piperazine rings is 1. The molecule has 1 aliphatic heterocycles. The maximum Gasteiger partial charge on any atom is 0.425 e. The predicted molar refractivity (Wildman–Crippen MR) is 80.9 cm³/mol. The van der Waals surface area contributed by atoms with Gasteiger partial charge in [0.2, 0.25) is 5.95 Å². The molecular formula is C13H13F3N6S. The summed E-state index contributed by atoms with van der Waals surface area (Å²) in [6.07, 6.45) is -3.03. The molecule has 3 aromatic heterocycles. The van der Waals surface area contributed by atoms with E-state index in [4.69, 9.17) is 0 Å². The maximum absolute atomic E-state index is 13.0. The first-order chi connectivity index (χ1) is 10.9. The molecule has 10 heteroatoms. The average Bonchev–Trinajstić information content (AvgIpc) is 3.12. The zero-order chi connectivity index (χ0) is 16.2. The molecule has 0 radical (unpaired) electrons. The molecule has 0 atom stereocenters. The van der Waals surface area contributed by atoms with Crippen molar-refractivity contribution in [3.63, 3.8) is 0 Å². The Bertz CT molecular complexity index is 862. The number of hydrogen-bond acceptors (Lipinski definition) is 6. The highest BCUT2D eigenvalue weighted by Crippen LogP contribution is 2.39. The highest BCUT2D eigenvalue weighted by atomic mass is 32.1. The van der Waals surface area contributed by atoms with Crippen LogP contribution in [0.15, 0.2) is 12.4 Å². The standard InChI is InChI=1S/C13H13F3N6S/c1-20-2-4-21(5-3-20)12-19-11-8(10-17-7-18-22(10)12)6-9(23-11)13(14,15)16/h6-7H,2-5H2,1H3. The highest BCUT2D eigenvalue weighted by Gasteiger charge is 2.34. The summed E-state index contributed by atoms with van der Waals surface area (Å²) in [5.74, 6) is 0.550. The van der Waals surface area contributed by atoms with Gasteiger partial charge in [-0.25, -0.2) is 9.97 Å². The molecule has 1 saturated heterocycles. The third kappa shape index (κ3) is 2.41. The lowest BCUT2D eigenvalue weighted by Crippen LogP contribution is -2.45. The number of likely N-dealkylation sites (N-methyl/N-ethyl adjacent to an activating group) is 1. The number of alkyl halides is 3. The Labute approximate surface area is 133 Å². The second kappa shape index (κ2) is 5.03. The molecule has 4 rings (SSSR count). The van der Waals surface area contributed by atoms with Gasteiger partial charge in [0.05, 0.1) is 5.39 Å². The molecule has 1 aliphatic rings. The Morgan fingerprint density at radius 3 is 2.61 bits per heavy atom. The molecule has 122 valence electrons. The van der Waals surface area contributed by atoms with Crippen molar-refractivity contribution in [3.8, 4) is 0 Å². The van der Waals surface area contributed by atoms with E-state index in [0.29, 0.717) is 33.1 Å². The van der Waals surface area contributed by atoms with Crippen molar-refractivity contribution in [1.29, 1.82) is 0 Å². The van der Waals surface area contributed by atoms with Gasteiger partial charge in [-0.1, -0.05) is 0 Å². The molecule has 4 heterocycles. The van der Waals surface area contributed by atoms with Gasteiger partial charge in [0.15, 0.2) is 5.65 Å². The second-order valence-corrected chi connectivity index (χ2v) is 6.56. The zero-order valence-corrected chi connectivity index (χ0v) is 13.0. The predicted octanol–water partition coefficient (Wildman–Crippen LogP) is 2.11. The van der Waals surface area contributed by atoms with E-state index < -0.39 is 11.1 Å². The van der Waals surface area contributed by atoms with Crippen molar-refractivity contribution in [2.24, 2.45) is 0 Å². The summed E-state index contributed by atoms with van der Waals surface area (Å²) in [5.41, 5.74) is 0.413. The first kappa shape index (κ1) is 14.6. The number of halogens is 3. The number of fused-ring (bicyclic) bond motifs is 3. The van der Waals surface area contributed by atoms with E-state index in [0.717, 1.165) is 32.2 Å². The fourth-order valence-corrected chi connectivity index (χ4v) is 3.57. The number of thiophene rings is 1. The van der Waals surface area contributed by atoms with Crippen LogP contribution in [-0.2, 0) is 6.18 Å². The van der Waals surface area contributed by atoms with Crippen molar-refractivity contribution in [1.82, 2.24) is 24.5 Å². The average molecular weight is 342 g/mol. The maximum atomic E-state index is 13.0. The molecule has 0 unspecified atom stereocenters. The number of rotatable bonds is 1. The smallest absolute Gasteiger partial charge is 0.338 e. The van der Waals surface area contributed by atoms with Crippen LogP contribution in [-0.4, -0.2) is 57.7 Å². The molecule has 3 aromatic rings. The lowest BCUT2D eigenvalue weighted by molar-refractivity contribution is -0.134. The molecule has 0 saturated carbocycles. The molecule has 0 amide bonds. The van der Waals surface area contributed by atoms with Gasteiger partial charge < -0.3 is 9.80 Å². The van der Waals surface area contributed by atoms with Crippen LogP contribution in [0, 0.1) is 0 Å². The van der Waals surface area contributed by atoms with Gasteiger partial charge in [-0.05, 0) is 13.1 Å². The van der Waals surface area contributed by atoms with Crippen LogP contribution in [0.2, 0.25) is 0 Å². The minimum Gasteiger partial charge on any atom is -0.338 e. The Balaban J connectivity index is 1.88. The summed E-state index contributed by atoms with van der Waals surface area (Å²) in [5, 5.41) is 4.53. The molecule has 6 nitrogen and oxygen atoms in total. The SMILES string of the molecule is CN1CCN(c2nc3sc(C(F)(F)F)cc3c3ncnn23)CC1. The summed E-state index contributed by atoms with van der Waals surface area (Å²) in [6, 6.07) is 1.10. The van der Waals surface area contributed by atoms with Crippen LogP contribution >= 0.6 is 11.3 Å². The summed E-state index contributed by atoms with van der Waals surface area (Å²) in [6.45, 7) is 3.24. The summed E-state index contributed by atoms with van der Waals surface area (Å²) >= 11 is 0.647. The van der Waals surface area contributed by atoms with Gasteiger partial charge in [-0.2, -0.15) is 22.8 Å². The van der Waals surface area contributed by atoms with Gasteiger partial charge in [0.25, 0.3) is 0 Å². The molecule has 23 heavy (non-hydrogen) atoms. The Kier molecular flexibility index (Phi) is 3.20. The number of hydrogen-bond donors (Lipinski definition) is 0. The van der Waals surface area contributed by atoms with Crippen LogP contribution in [0.5, 0.6) is 0 Å². The summed E-state index contributed by atoms with van der Waals surface area (Å²) < 4.78 is 40.5. The normalized spacial score (nSPS) is 17.5. The third-order valence-electron chi connectivity index (χ3n) is 3.96. The minimum absolute atomic E-state index is 0.340. The molecule has 0 aromatic carbocycles. The van der Waals surface area contributed by atoms with Crippen molar-refractivity contribution in [3.05, 3.63) is 17.3 Å². The fraction of sp³-hybridized carbons (Fsp3) is 0.462. The van der Waals surface area contributed by atoms with Crippen LogP contribution < -0.4 is 4.90 Å². The van der Waals surface area contributed by atoms with Gasteiger partial charge in [-0.15, -0.1) is 11.3 Å². The van der Waals surface area contributed by atoms with Gasteiger partial charge in [-0.3, -0.25) is 0 Å². The third-order valence-corrected chi connectivity index (χ3v) is 5.03. The quantitative estimate of drug-likeness (QED) is 0.678. The van der Waals surface area contributed by atoms with E-state index in [2.05, 4.69) is 20.0 Å². The van der Waals surface area contributed by atoms with Crippen molar-refractivity contribution in [2.45, 2.75) is 6.18 Å². The lowest BCUT2D eigenvalue weighted by atomic mass is 10.3. The van der Waals surface area contributed by atoms with Crippen LogP contribution in [0.1, 0.15) is 4.88 Å². The Hall–Kier alpha value is -1.94. The second-order valence-electron chi connectivity index (χ2n) is 5.52. The largest absolute Gasteiger partial charge is 0.425 e.